The van der Waals surface area contributed by atoms with Gasteiger partial charge in [-0.2, -0.15) is 0 Å². The Morgan fingerprint density at radius 2 is 1.76 bits per heavy atom. The molecule has 132 valence electrons. The van der Waals surface area contributed by atoms with Gasteiger partial charge in [0.25, 0.3) is 0 Å². The third-order valence-electron chi connectivity index (χ3n) is 4.54. The predicted molar refractivity (Wildman–Crippen MR) is 89.1 cm³/mol. The van der Waals surface area contributed by atoms with E-state index in [0.717, 1.165) is 11.1 Å². The average molecular weight is 344 g/mol. The molecule has 6 nitrogen and oxygen atoms in total. The quantitative estimate of drug-likeness (QED) is 0.899. The van der Waals surface area contributed by atoms with Gasteiger partial charge in [0.2, 0.25) is 12.1 Å². The Labute approximate surface area is 145 Å². The smallest absolute Gasteiger partial charge is 0.244 e. The van der Waals surface area contributed by atoms with Crippen LogP contribution in [-0.4, -0.2) is 25.9 Å². The summed E-state index contributed by atoms with van der Waals surface area (Å²) in [5, 5.41) is 9.32. The Kier molecular flexibility index (Phi) is 3.94. The van der Waals surface area contributed by atoms with Crippen molar-refractivity contribution in [2.24, 2.45) is 0 Å². The largest absolute Gasteiger partial charge is 0.497 e. The lowest BCUT2D eigenvalue weighted by Crippen LogP contribution is -2.45. The van der Waals surface area contributed by atoms with Crippen molar-refractivity contribution >= 4 is 0 Å². The van der Waals surface area contributed by atoms with E-state index in [0.29, 0.717) is 35.8 Å². The maximum atomic E-state index is 9.32. The molecular weight excluding hydrogens is 324 g/mol. The van der Waals surface area contributed by atoms with Gasteiger partial charge in [0, 0.05) is 13.0 Å². The summed E-state index contributed by atoms with van der Waals surface area (Å²) in [7, 11) is 3.22. The van der Waals surface area contributed by atoms with Crippen LogP contribution in [0.15, 0.2) is 36.4 Å². The molecule has 2 aliphatic rings. The molecule has 2 aliphatic heterocycles. The lowest BCUT2D eigenvalue weighted by atomic mass is 9.95. The van der Waals surface area contributed by atoms with Crippen LogP contribution in [0.5, 0.6) is 23.0 Å². The second kappa shape index (κ2) is 6.13. The van der Waals surface area contributed by atoms with Gasteiger partial charge in [-0.05, 0) is 42.8 Å². The maximum absolute atomic E-state index is 9.32. The molecule has 0 fully saturated rings. The minimum absolute atomic E-state index is 0.0504. The van der Waals surface area contributed by atoms with Gasteiger partial charge in [0.1, 0.15) is 23.0 Å². The molecule has 25 heavy (non-hydrogen) atoms. The number of ether oxygens (including phenoxy) is 5. The Bertz CT molecular complexity index is 789. The van der Waals surface area contributed by atoms with Crippen LogP contribution in [0, 0.1) is 0 Å². The molecule has 0 amide bonds. The van der Waals surface area contributed by atoms with Crippen molar-refractivity contribution in [2.75, 3.05) is 20.8 Å². The number of hydrogen-bond donors (Lipinski definition) is 1. The maximum Gasteiger partial charge on any atom is 0.244 e. The van der Waals surface area contributed by atoms with Gasteiger partial charge in [-0.3, -0.25) is 4.74 Å². The van der Waals surface area contributed by atoms with Gasteiger partial charge in [0.05, 0.1) is 25.3 Å². The Hall–Kier alpha value is -2.44. The van der Waals surface area contributed by atoms with Crippen molar-refractivity contribution in [1.29, 1.82) is 0 Å². The molecule has 0 saturated carbocycles. The molecule has 0 saturated heterocycles. The Balaban J connectivity index is 1.83. The number of fused-ring (bicyclic) bond motifs is 6. The van der Waals surface area contributed by atoms with E-state index < -0.39 is 12.1 Å². The van der Waals surface area contributed by atoms with Crippen LogP contribution in [0.1, 0.15) is 30.3 Å². The second-order valence-electron chi connectivity index (χ2n) is 6.02. The topological polar surface area (TPSA) is 66.4 Å². The highest BCUT2D eigenvalue weighted by Gasteiger charge is 2.50. The van der Waals surface area contributed by atoms with E-state index >= 15 is 0 Å². The number of hydrogen-bond acceptors (Lipinski definition) is 6. The van der Waals surface area contributed by atoms with Crippen LogP contribution in [0.4, 0.5) is 0 Å². The summed E-state index contributed by atoms with van der Waals surface area (Å²) in [5.74, 6) is 1.75. The zero-order chi connectivity index (χ0) is 17.4. The van der Waals surface area contributed by atoms with Crippen molar-refractivity contribution in [3.63, 3.8) is 0 Å². The van der Waals surface area contributed by atoms with E-state index in [9.17, 15) is 5.11 Å². The Morgan fingerprint density at radius 1 is 1.04 bits per heavy atom. The van der Waals surface area contributed by atoms with Crippen molar-refractivity contribution in [2.45, 2.75) is 24.9 Å². The van der Waals surface area contributed by atoms with Crippen LogP contribution in [0.3, 0.4) is 0 Å². The van der Waals surface area contributed by atoms with Crippen molar-refractivity contribution < 1.29 is 28.8 Å². The highest BCUT2D eigenvalue weighted by atomic mass is 16.8. The van der Waals surface area contributed by atoms with E-state index in [1.54, 1.807) is 14.2 Å². The van der Waals surface area contributed by atoms with Crippen LogP contribution in [0.25, 0.3) is 0 Å². The molecule has 2 aromatic rings. The number of methoxy groups -OCH3 is 2. The molecule has 1 N–H and O–H groups in total. The predicted octanol–water partition coefficient (Wildman–Crippen LogP) is 3.13. The summed E-state index contributed by atoms with van der Waals surface area (Å²) >= 11 is 0. The lowest BCUT2D eigenvalue weighted by Gasteiger charge is -2.46. The molecule has 0 spiro atoms. The van der Waals surface area contributed by atoms with E-state index in [2.05, 4.69) is 0 Å². The van der Waals surface area contributed by atoms with Crippen molar-refractivity contribution in [3.05, 3.63) is 47.5 Å². The van der Waals surface area contributed by atoms with Crippen LogP contribution < -0.4 is 18.9 Å². The summed E-state index contributed by atoms with van der Waals surface area (Å²) in [5.41, 5.74) is 1.54. The van der Waals surface area contributed by atoms with Gasteiger partial charge in [0.15, 0.2) is 0 Å². The third-order valence-corrected chi connectivity index (χ3v) is 4.54. The molecule has 4 rings (SSSR count). The fourth-order valence-corrected chi connectivity index (χ4v) is 3.28. The molecule has 0 aromatic heterocycles. The second-order valence-corrected chi connectivity index (χ2v) is 6.02. The minimum atomic E-state index is -1.02. The third kappa shape index (κ3) is 2.58. The Morgan fingerprint density at radius 3 is 2.48 bits per heavy atom. The normalized spacial score (nSPS) is 22.9. The monoisotopic (exact) mass is 344 g/mol. The van der Waals surface area contributed by atoms with Crippen LogP contribution in [0.2, 0.25) is 0 Å². The van der Waals surface area contributed by atoms with Crippen molar-refractivity contribution in [3.8, 4) is 23.0 Å². The van der Waals surface area contributed by atoms with E-state index in [-0.39, 0.29) is 6.61 Å². The van der Waals surface area contributed by atoms with Crippen LogP contribution >= 0.6 is 0 Å². The molecule has 2 bridgehead atoms. The molecule has 2 atom stereocenters. The lowest BCUT2D eigenvalue weighted by molar-refractivity contribution is -0.304. The molecule has 0 unspecified atom stereocenters. The highest BCUT2D eigenvalue weighted by molar-refractivity contribution is 5.50. The molecular formula is C19H20O6. The highest BCUT2D eigenvalue weighted by Crippen LogP contribution is 2.53. The minimum Gasteiger partial charge on any atom is -0.497 e. The summed E-state index contributed by atoms with van der Waals surface area (Å²) in [4.78, 5) is 0. The zero-order valence-corrected chi connectivity index (χ0v) is 14.2. The number of rotatable bonds is 5. The van der Waals surface area contributed by atoms with E-state index in [1.165, 1.54) is 0 Å². The first kappa shape index (κ1) is 16.1. The summed E-state index contributed by atoms with van der Waals surface area (Å²) in [6.07, 6.45) is 0.433. The molecule has 0 aliphatic carbocycles. The van der Waals surface area contributed by atoms with Gasteiger partial charge in [-0.15, -0.1) is 0 Å². The molecule has 2 aromatic carbocycles. The fraction of sp³-hybridized carbons (Fsp3) is 0.368. The zero-order valence-electron chi connectivity index (χ0n) is 14.2. The summed E-state index contributed by atoms with van der Waals surface area (Å²) in [6, 6.07) is 11.1. The van der Waals surface area contributed by atoms with Gasteiger partial charge < -0.3 is 24.1 Å². The first-order chi connectivity index (χ1) is 12.2. The molecule has 6 heteroatoms. The van der Waals surface area contributed by atoms with Crippen LogP contribution in [-0.2, 0) is 10.5 Å². The summed E-state index contributed by atoms with van der Waals surface area (Å²) < 4.78 is 29.2. The van der Waals surface area contributed by atoms with E-state index in [4.69, 9.17) is 23.7 Å². The SMILES string of the molecule is COc1ccc2c(c1)[C@@H]1Oc3ccc(OC)cc3[C@](CCCO)(O2)O1. The number of aliphatic hydroxyl groups is 1. The first-order valence-corrected chi connectivity index (χ1v) is 8.20. The van der Waals surface area contributed by atoms with Gasteiger partial charge in [-0.25, -0.2) is 0 Å². The molecule has 2 heterocycles. The van der Waals surface area contributed by atoms with Gasteiger partial charge >= 0.3 is 0 Å². The van der Waals surface area contributed by atoms with E-state index in [1.807, 2.05) is 36.4 Å². The first-order valence-electron chi connectivity index (χ1n) is 8.20. The van der Waals surface area contributed by atoms with Gasteiger partial charge in [-0.1, -0.05) is 0 Å². The summed E-state index contributed by atoms with van der Waals surface area (Å²) in [6.45, 7) is 0.0504. The standard InChI is InChI=1S/C19H20O6/c1-21-12-4-6-16-14(10-12)18-23-17-7-5-13(22-2)11-15(17)19(24-16,25-18)8-3-9-20/h4-7,10-11,18,20H,3,8-9H2,1-2H3/t18-,19-/m1/s1. The molecule has 0 radical (unpaired) electrons. The number of aliphatic hydroxyl groups excluding tert-OH is 1. The van der Waals surface area contributed by atoms with Crippen molar-refractivity contribution in [1.82, 2.24) is 0 Å². The number of benzene rings is 2. The average Bonchev–Trinajstić information content (AvgIpc) is 2.66. The fourth-order valence-electron chi connectivity index (χ4n) is 3.28.